The lowest BCUT2D eigenvalue weighted by atomic mass is 10.2. The molecule has 0 unspecified atom stereocenters. The van der Waals surface area contributed by atoms with E-state index in [0.717, 1.165) is 18.8 Å². The van der Waals surface area contributed by atoms with Gasteiger partial charge >= 0.3 is 0 Å². The number of methoxy groups -OCH3 is 3. The molecule has 1 rings (SSSR count). The minimum atomic E-state index is 0.552. The fraction of sp³-hybridized carbons (Fsp3) is 0.600. The number of hydrogen-bond acceptors (Lipinski definition) is 5. The Kier molecular flexibility index (Phi) is 7.01. The zero-order valence-corrected chi connectivity index (χ0v) is 13.0. The van der Waals surface area contributed by atoms with Crippen LogP contribution >= 0.6 is 0 Å². The maximum absolute atomic E-state index is 5.53. The van der Waals surface area contributed by atoms with Gasteiger partial charge in [-0.15, -0.1) is 0 Å². The van der Waals surface area contributed by atoms with Gasteiger partial charge in [0.15, 0.2) is 11.5 Å². The third kappa shape index (κ3) is 4.81. The van der Waals surface area contributed by atoms with Gasteiger partial charge in [0.25, 0.3) is 0 Å². The van der Waals surface area contributed by atoms with E-state index in [1.165, 1.54) is 0 Å². The second-order valence-electron chi connectivity index (χ2n) is 4.81. The van der Waals surface area contributed by atoms with Crippen LogP contribution in [0.5, 0.6) is 17.2 Å². The lowest BCUT2D eigenvalue weighted by Gasteiger charge is -2.15. The SMILES string of the molecule is COc1cc(NCCOCC(C)C)cc(OC)c1OC. The molecule has 0 aliphatic carbocycles. The Labute approximate surface area is 121 Å². The van der Waals surface area contributed by atoms with Crippen molar-refractivity contribution in [1.82, 2.24) is 0 Å². The first-order valence-corrected chi connectivity index (χ1v) is 6.74. The third-order valence-electron chi connectivity index (χ3n) is 2.69. The Morgan fingerprint density at radius 2 is 1.60 bits per heavy atom. The molecule has 0 spiro atoms. The summed E-state index contributed by atoms with van der Waals surface area (Å²) in [5.74, 6) is 2.42. The fourth-order valence-corrected chi connectivity index (χ4v) is 1.77. The van der Waals surface area contributed by atoms with Crippen LogP contribution < -0.4 is 19.5 Å². The second kappa shape index (κ2) is 8.53. The number of ether oxygens (including phenoxy) is 4. The summed E-state index contributed by atoms with van der Waals surface area (Å²) in [5, 5.41) is 3.28. The van der Waals surface area contributed by atoms with Crippen LogP contribution in [0, 0.1) is 5.92 Å². The van der Waals surface area contributed by atoms with E-state index in [1.54, 1.807) is 21.3 Å². The average molecular weight is 283 g/mol. The quantitative estimate of drug-likeness (QED) is 0.706. The summed E-state index contributed by atoms with van der Waals surface area (Å²) in [4.78, 5) is 0. The van der Waals surface area contributed by atoms with Gasteiger partial charge in [0.1, 0.15) is 0 Å². The van der Waals surface area contributed by atoms with Crippen molar-refractivity contribution in [2.45, 2.75) is 13.8 Å². The maximum atomic E-state index is 5.53. The van der Waals surface area contributed by atoms with Crippen LogP contribution in [-0.4, -0.2) is 41.1 Å². The molecule has 0 fully saturated rings. The first-order valence-electron chi connectivity index (χ1n) is 6.74. The standard InChI is InChI=1S/C15H25NO4/c1-11(2)10-20-7-6-16-12-8-13(17-3)15(19-5)14(9-12)18-4/h8-9,11,16H,6-7,10H2,1-5H3. The van der Waals surface area contributed by atoms with Crippen LogP contribution in [0.2, 0.25) is 0 Å². The van der Waals surface area contributed by atoms with Crippen molar-refractivity contribution in [3.63, 3.8) is 0 Å². The van der Waals surface area contributed by atoms with Crippen LogP contribution in [0.25, 0.3) is 0 Å². The Hall–Kier alpha value is -1.62. The Balaban J connectivity index is 2.62. The van der Waals surface area contributed by atoms with E-state index < -0.39 is 0 Å². The summed E-state index contributed by atoms with van der Waals surface area (Å²) in [6.07, 6.45) is 0. The van der Waals surface area contributed by atoms with Gasteiger partial charge in [-0.05, 0) is 5.92 Å². The van der Waals surface area contributed by atoms with E-state index in [1.807, 2.05) is 12.1 Å². The van der Waals surface area contributed by atoms with E-state index in [4.69, 9.17) is 18.9 Å². The first-order chi connectivity index (χ1) is 9.62. The molecule has 0 amide bonds. The average Bonchev–Trinajstić information content (AvgIpc) is 2.45. The van der Waals surface area contributed by atoms with Crippen molar-refractivity contribution in [3.8, 4) is 17.2 Å². The number of anilines is 1. The summed E-state index contributed by atoms with van der Waals surface area (Å²) in [7, 11) is 4.80. The van der Waals surface area contributed by atoms with Crippen LogP contribution in [0.3, 0.4) is 0 Å². The minimum Gasteiger partial charge on any atom is -0.493 e. The summed E-state index contributed by atoms with van der Waals surface area (Å²) in [6, 6.07) is 3.76. The van der Waals surface area contributed by atoms with E-state index in [9.17, 15) is 0 Å². The van der Waals surface area contributed by atoms with Crippen molar-refractivity contribution in [2.24, 2.45) is 5.92 Å². The van der Waals surface area contributed by atoms with E-state index in [2.05, 4.69) is 19.2 Å². The third-order valence-corrected chi connectivity index (χ3v) is 2.69. The molecule has 0 radical (unpaired) electrons. The number of rotatable bonds is 9. The highest BCUT2D eigenvalue weighted by Crippen LogP contribution is 2.39. The molecule has 5 heteroatoms. The first kappa shape index (κ1) is 16.4. The molecule has 0 aromatic heterocycles. The van der Waals surface area contributed by atoms with Gasteiger partial charge in [0, 0.05) is 31.0 Å². The largest absolute Gasteiger partial charge is 0.493 e. The molecule has 1 aromatic carbocycles. The zero-order chi connectivity index (χ0) is 15.0. The second-order valence-corrected chi connectivity index (χ2v) is 4.81. The van der Waals surface area contributed by atoms with Crippen molar-refractivity contribution >= 4 is 5.69 Å². The van der Waals surface area contributed by atoms with E-state index in [0.29, 0.717) is 29.8 Å². The van der Waals surface area contributed by atoms with Gasteiger partial charge in [-0.1, -0.05) is 13.8 Å². The Bertz CT molecular complexity index is 382. The zero-order valence-electron chi connectivity index (χ0n) is 13.0. The van der Waals surface area contributed by atoms with Crippen LogP contribution in [0.15, 0.2) is 12.1 Å². The molecule has 0 aliphatic heterocycles. The molecule has 0 saturated carbocycles. The predicted octanol–water partition coefficient (Wildman–Crippen LogP) is 2.80. The van der Waals surface area contributed by atoms with Crippen molar-refractivity contribution in [2.75, 3.05) is 46.4 Å². The summed E-state index contributed by atoms with van der Waals surface area (Å²) < 4.78 is 21.4. The van der Waals surface area contributed by atoms with E-state index >= 15 is 0 Å². The molecular formula is C15H25NO4. The molecular weight excluding hydrogens is 258 g/mol. The number of hydrogen-bond donors (Lipinski definition) is 1. The highest BCUT2D eigenvalue weighted by atomic mass is 16.5. The topological polar surface area (TPSA) is 49.0 Å². The Morgan fingerprint density at radius 3 is 2.05 bits per heavy atom. The minimum absolute atomic E-state index is 0.552. The van der Waals surface area contributed by atoms with Gasteiger partial charge in [-0.25, -0.2) is 0 Å². The fourth-order valence-electron chi connectivity index (χ4n) is 1.77. The van der Waals surface area contributed by atoms with Gasteiger partial charge in [0.05, 0.1) is 27.9 Å². The van der Waals surface area contributed by atoms with Crippen molar-refractivity contribution in [1.29, 1.82) is 0 Å². The Morgan fingerprint density at radius 1 is 1.00 bits per heavy atom. The molecule has 0 bridgehead atoms. The summed E-state index contributed by atoms with van der Waals surface area (Å²) in [5.41, 5.74) is 0.910. The summed E-state index contributed by atoms with van der Waals surface area (Å²) >= 11 is 0. The van der Waals surface area contributed by atoms with Gasteiger partial charge in [0.2, 0.25) is 5.75 Å². The molecule has 20 heavy (non-hydrogen) atoms. The van der Waals surface area contributed by atoms with Gasteiger partial charge in [-0.2, -0.15) is 0 Å². The van der Waals surface area contributed by atoms with Crippen LogP contribution in [-0.2, 0) is 4.74 Å². The van der Waals surface area contributed by atoms with Crippen LogP contribution in [0.4, 0.5) is 5.69 Å². The highest BCUT2D eigenvalue weighted by molar-refractivity contribution is 5.62. The predicted molar refractivity (Wildman–Crippen MR) is 80.2 cm³/mol. The maximum Gasteiger partial charge on any atom is 0.203 e. The lowest BCUT2D eigenvalue weighted by molar-refractivity contribution is 0.118. The smallest absolute Gasteiger partial charge is 0.203 e. The normalized spacial score (nSPS) is 10.5. The monoisotopic (exact) mass is 283 g/mol. The lowest BCUT2D eigenvalue weighted by Crippen LogP contribution is -2.12. The molecule has 0 saturated heterocycles. The number of benzene rings is 1. The molecule has 5 nitrogen and oxygen atoms in total. The molecule has 0 heterocycles. The van der Waals surface area contributed by atoms with E-state index in [-0.39, 0.29) is 0 Å². The van der Waals surface area contributed by atoms with Crippen LogP contribution in [0.1, 0.15) is 13.8 Å². The molecule has 114 valence electrons. The number of nitrogens with one attached hydrogen (secondary N) is 1. The van der Waals surface area contributed by atoms with Crippen molar-refractivity contribution in [3.05, 3.63) is 12.1 Å². The summed E-state index contributed by atoms with van der Waals surface area (Å²) in [6.45, 7) is 6.43. The molecule has 0 aliphatic rings. The van der Waals surface area contributed by atoms with Gasteiger partial charge in [-0.3, -0.25) is 0 Å². The molecule has 0 atom stereocenters. The highest BCUT2D eigenvalue weighted by Gasteiger charge is 2.12. The molecule has 1 aromatic rings. The van der Waals surface area contributed by atoms with Gasteiger partial charge < -0.3 is 24.3 Å². The van der Waals surface area contributed by atoms with Crippen molar-refractivity contribution < 1.29 is 18.9 Å². The molecule has 1 N–H and O–H groups in total.